The van der Waals surface area contributed by atoms with Gasteiger partial charge in [-0.15, -0.1) is 10.2 Å². The maximum atomic E-state index is 4.32. The molecule has 5 nitrogen and oxygen atoms in total. The lowest BCUT2D eigenvalue weighted by Crippen LogP contribution is -2.25. The number of nitrogens with zero attached hydrogens (tertiary/aromatic N) is 4. The highest BCUT2D eigenvalue weighted by Crippen LogP contribution is 2.21. The Labute approximate surface area is 113 Å². The molecule has 0 radical (unpaired) electrons. The van der Waals surface area contributed by atoms with Gasteiger partial charge in [0.1, 0.15) is 11.6 Å². The second-order valence-corrected chi connectivity index (χ2v) is 5.13. The first kappa shape index (κ1) is 12.3. The van der Waals surface area contributed by atoms with Crippen LogP contribution in [0.3, 0.4) is 0 Å². The molecule has 0 aromatic carbocycles. The minimum absolute atomic E-state index is 0.189. The van der Waals surface area contributed by atoms with E-state index >= 15 is 0 Å². The fourth-order valence-electron chi connectivity index (χ4n) is 2.67. The van der Waals surface area contributed by atoms with Crippen molar-refractivity contribution in [1.82, 2.24) is 25.1 Å². The molecule has 0 amide bonds. The molecule has 3 heterocycles. The highest BCUT2D eigenvalue weighted by atomic mass is 15.3. The van der Waals surface area contributed by atoms with Gasteiger partial charge in [-0.2, -0.15) is 0 Å². The molecule has 5 heteroatoms. The lowest BCUT2D eigenvalue weighted by atomic mass is 10.1. The Balaban J connectivity index is 1.73. The third-order valence-corrected chi connectivity index (χ3v) is 3.71. The van der Waals surface area contributed by atoms with Gasteiger partial charge >= 0.3 is 0 Å². The van der Waals surface area contributed by atoms with E-state index in [1.165, 1.54) is 12.0 Å². The van der Waals surface area contributed by atoms with Gasteiger partial charge in [0.25, 0.3) is 0 Å². The Morgan fingerprint density at radius 2 is 2.16 bits per heavy atom. The van der Waals surface area contributed by atoms with Crippen LogP contribution in [0.4, 0.5) is 0 Å². The van der Waals surface area contributed by atoms with Crippen molar-refractivity contribution in [1.29, 1.82) is 0 Å². The van der Waals surface area contributed by atoms with Crippen LogP contribution in [0.2, 0.25) is 0 Å². The van der Waals surface area contributed by atoms with Crippen LogP contribution in [-0.4, -0.2) is 19.7 Å². The third kappa shape index (κ3) is 2.38. The van der Waals surface area contributed by atoms with Crippen LogP contribution in [-0.2, 0) is 13.0 Å². The van der Waals surface area contributed by atoms with Gasteiger partial charge in [0.05, 0.1) is 6.04 Å². The SMILES string of the molecule is CC(NC(C)c1nnc2n1CCC2)c1cccnc1. The molecule has 2 aromatic rings. The van der Waals surface area contributed by atoms with Crippen molar-refractivity contribution in [2.24, 2.45) is 0 Å². The normalized spacial score (nSPS) is 17.2. The molecule has 1 aliphatic heterocycles. The molecule has 2 atom stereocenters. The van der Waals surface area contributed by atoms with Crippen LogP contribution in [0.25, 0.3) is 0 Å². The monoisotopic (exact) mass is 257 g/mol. The molecule has 100 valence electrons. The van der Waals surface area contributed by atoms with Gasteiger partial charge in [-0.05, 0) is 31.9 Å². The molecule has 0 aliphatic carbocycles. The summed E-state index contributed by atoms with van der Waals surface area (Å²) in [6.45, 7) is 5.34. The van der Waals surface area contributed by atoms with Crippen molar-refractivity contribution < 1.29 is 0 Å². The summed E-state index contributed by atoms with van der Waals surface area (Å²) in [5.74, 6) is 2.17. The summed E-state index contributed by atoms with van der Waals surface area (Å²) in [6, 6.07) is 4.49. The zero-order valence-corrected chi connectivity index (χ0v) is 11.4. The first-order chi connectivity index (χ1) is 9.25. The van der Waals surface area contributed by atoms with Gasteiger partial charge in [-0.3, -0.25) is 4.98 Å². The maximum absolute atomic E-state index is 4.32. The third-order valence-electron chi connectivity index (χ3n) is 3.71. The van der Waals surface area contributed by atoms with Gasteiger partial charge in [-0.1, -0.05) is 6.07 Å². The average molecular weight is 257 g/mol. The summed E-state index contributed by atoms with van der Waals surface area (Å²) in [6.07, 6.45) is 5.93. The second-order valence-electron chi connectivity index (χ2n) is 5.13. The number of rotatable bonds is 4. The van der Waals surface area contributed by atoms with Gasteiger partial charge < -0.3 is 9.88 Å². The van der Waals surface area contributed by atoms with E-state index in [1.807, 2.05) is 12.3 Å². The molecule has 2 aromatic heterocycles. The summed E-state index contributed by atoms with van der Waals surface area (Å²) >= 11 is 0. The lowest BCUT2D eigenvalue weighted by molar-refractivity contribution is 0.459. The highest BCUT2D eigenvalue weighted by molar-refractivity contribution is 5.14. The number of hydrogen-bond donors (Lipinski definition) is 1. The first-order valence-electron chi connectivity index (χ1n) is 6.83. The van der Waals surface area contributed by atoms with Crippen LogP contribution in [0, 0.1) is 0 Å². The lowest BCUT2D eigenvalue weighted by Gasteiger charge is -2.19. The Bertz CT molecular complexity index is 548. The van der Waals surface area contributed by atoms with Gasteiger partial charge in [0, 0.05) is 31.4 Å². The maximum Gasteiger partial charge on any atom is 0.149 e. The zero-order valence-electron chi connectivity index (χ0n) is 11.4. The summed E-state index contributed by atoms with van der Waals surface area (Å²) in [7, 11) is 0. The summed E-state index contributed by atoms with van der Waals surface area (Å²) in [4.78, 5) is 4.16. The minimum Gasteiger partial charge on any atom is -0.314 e. The van der Waals surface area contributed by atoms with E-state index in [4.69, 9.17) is 0 Å². The minimum atomic E-state index is 0.189. The predicted octanol–water partition coefficient (Wildman–Crippen LogP) is 2.03. The number of nitrogens with one attached hydrogen (secondary N) is 1. The van der Waals surface area contributed by atoms with Crippen LogP contribution < -0.4 is 5.32 Å². The van der Waals surface area contributed by atoms with E-state index in [9.17, 15) is 0 Å². The Hall–Kier alpha value is -1.75. The highest BCUT2D eigenvalue weighted by Gasteiger charge is 2.22. The molecular weight excluding hydrogens is 238 g/mol. The van der Waals surface area contributed by atoms with Crippen molar-refractivity contribution in [3.05, 3.63) is 41.7 Å². The van der Waals surface area contributed by atoms with Crippen LogP contribution in [0.15, 0.2) is 24.5 Å². The number of fused-ring (bicyclic) bond motifs is 1. The van der Waals surface area contributed by atoms with Crippen LogP contribution >= 0.6 is 0 Å². The van der Waals surface area contributed by atoms with E-state index < -0.39 is 0 Å². The number of aryl methyl sites for hydroxylation is 1. The molecule has 1 N–H and O–H groups in total. The van der Waals surface area contributed by atoms with Crippen molar-refractivity contribution in [2.75, 3.05) is 0 Å². The fourth-order valence-corrected chi connectivity index (χ4v) is 2.67. The van der Waals surface area contributed by atoms with E-state index in [0.717, 1.165) is 24.6 Å². The average Bonchev–Trinajstić information content (AvgIpc) is 3.01. The first-order valence-corrected chi connectivity index (χ1v) is 6.83. The molecule has 19 heavy (non-hydrogen) atoms. The van der Waals surface area contributed by atoms with Crippen molar-refractivity contribution in [2.45, 2.75) is 45.3 Å². The molecule has 2 unspecified atom stereocenters. The molecular formula is C14H19N5. The van der Waals surface area contributed by atoms with E-state index in [2.05, 4.69) is 45.0 Å². The summed E-state index contributed by atoms with van der Waals surface area (Å²) < 4.78 is 2.24. The van der Waals surface area contributed by atoms with Gasteiger partial charge in [-0.25, -0.2) is 0 Å². The molecule has 0 fully saturated rings. The second kappa shape index (κ2) is 5.09. The molecule has 0 saturated carbocycles. The van der Waals surface area contributed by atoms with Crippen molar-refractivity contribution in [3.8, 4) is 0 Å². The van der Waals surface area contributed by atoms with E-state index in [0.29, 0.717) is 0 Å². The summed E-state index contributed by atoms with van der Waals surface area (Å²) in [5.41, 5.74) is 1.19. The molecule has 3 rings (SSSR count). The van der Waals surface area contributed by atoms with Crippen LogP contribution in [0.5, 0.6) is 0 Å². The molecule has 0 bridgehead atoms. The Morgan fingerprint density at radius 1 is 1.26 bits per heavy atom. The van der Waals surface area contributed by atoms with Crippen LogP contribution in [0.1, 0.15) is 49.6 Å². The Morgan fingerprint density at radius 3 is 2.95 bits per heavy atom. The quantitative estimate of drug-likeness (QED) is 0.910. The number of pyridine rings is 1. The largest absolute Gasteiger partial charge is 0.314 e. The van der Waals surface area contributed by atoms with Gasteiger partial charge in [0.15, 0.2) is 0 Å². The topological polar surface area (TPSA) is 55.6 Å². The fraction of sp³-hybridized carbons (Fsp3) is 0.500. The predicted molar refractivity (Wildman–Crippen MR) is 72.5 cm³/mol. The number of aromatic nitrogens is 4. The van der Waals surface area contributed by atoms with E-state index in [1.54, 1.807) is 6.20 Å². The standard InChI is InChI=1S/C14H19N5/c1-10(12-5-3-7-15-9-12)16-11(2)14-18-17-13-6-4-8-19(13)14/h3,5,7,9-11,16H,4,6,8H2,1-2H3. The Kier molecular flexibility index (Phi) is 3.29. The zero-order chi connectivity index (χ0) is 13.2. The molecule has 0 saturated heterocycles. The smallest absolute Gasteiger partial charge is 0.149 e. The van der Waals surface area contributed by atoms with Gasteiger partial charge in [0.2, 0.25) is 0 Å². The van der Waals surface area contributed by atoms with Crippen molar-refractivity contribution in [3.63, 3.8) is 0 Å². The molecule has 0 spiro atoms. The van der Waals surface area contributed by atoms with E-state index in [-0.39, 0.29) is 12.1 Å². The molecule has 1 aliphatic rings. The number of hydrogen-bond acceptors (Lipinski definition) is 4. The summed E-state index contributed by atoms with van der Waals surface area (Å²) in [5, 5.41) is 12.1. The van der Waals surface area contributed by atoms with Crippen molar-refractivity contribution >= 4 is 0 Å².